The van der Waals surface area contributed by atoms with Gasteiger partial charge < -0.3 is 10.0 Å². The number of benzene rings is 1. The standard InChI is InChI=1S/C16H20N2O/c1-3-18(12-14-7-5-4-6-8-14)16-10-9-15(11-17-16)13(2)19/h4-11,13,19H,3,12H2,1-2H3/t13-/m0/s1. The lowest BCUT2D eigenvalue weighted by atomic mass is 10.2. The molecule has 1 aromatic carbocycles. The molecule has 1 heterocycles. The third-order valence-corrected chi connectivity index (χ3v) is 3.18. The molecule has 3 heteroatoms. The Bertz CT molecular complexity index is 494. The minimum Gasteiger partial charge on any atom is -0.389 e. The van der Waals surface area contributed by atoms with Gasteiger partial charge in [0, 0.05) is 19.3 Å². The fourth-order valence-corrected chi connectivity index (χ4v) is 1.99. The van der Waals surface area contributed by atoms with Gasteiger partial charge in [0.25, 0.3) is 0 Å². The Morgan fingerprint density at radius 2 is 1.89 bits per heavy atom. The van der Waals surface area contributed by atoms with Gasteiger partial charge in [0.1, 0.15) is 5.82 Å². The van der Waals surface area contributed by atoms with E-state index in [0.717, 1.165) is 24.5 Å². The van der Waals surface area contributed by atoms with Crippen molar-refractivity contribution in [2.75, 3.05) is 11.4 Å². The first-order valence-electron chi connectivity index (χ1n) is 6.63. The maximum atomic E-state index is 9.49. The van der Waals surface area contributed by atoms with E-state index in [0.29, 0.717) is 0 Å². The number of aliphatic hydroxyl groups is 1. The van der Waals surface area contributed by atoms with Crippen LogP contribution in [0, 0.1) is 0 Å². The van der Waals surface area contributed by atoms with Crippen molar-refractivity contribution in [3.63, 3.8) is 0 Å². The van der Waals surface area contributed by atoms with Crippen LogP contribution in [0.5, 0.6) is 0 Å². The maximum absolute atomic E-state index is 9.49. The molecule has 0 aliphatic carbocycles. The number of nitrogens with zero attached hydrogens (tertiary/aromatic N) is 2. The molecular weight excluding hydrogens is 236 g/mol. The summed E-state index contributed by atoms with van der Waals surface area (Å²) in [5.41, 5.74) is 2.12. The predicted molar refractivity (Wildman–Crippen MR) is 78.0 cm³/mol. The second-order valence-corrected chi connectivity index (χ2v) is 4.63. The second-order valence-electron chi connectivity index (χ2n) is 4.63. The van der Waals surface area contributed by atoms with Gasteiger partial charge in [-0.3, -0.25) is 0 Å². The van der Waals surface area contributed by atoms with E-state index in [9.17, 15) is 5.11 Å². The Balaban J connectivity index is 2.13. The van der Waals surface area contributed by atoms with Crippen LogP contribution in [-0.4, -0.2) is 16.6 Å². The summed E-state index contributed by atoms with van der Waals surface area (Å²) in [5.74, 6) is 0.941. The quantitative estimate of drug-likeness (QED) is 0.892. The van der Waals surface area contributed by atoms with Crippen LogP contribution in [0.2, 0.25) is 0 Å². The van der Waals surface area contributed by atoms with Crippen molar-refractivity contribution in [3.05, 3.63) is 59.8 Å². The number of pyridine rings is 1. The van der Waals surface area contributed by atoms with Crippen molar-refractivity contribution in [2.24, 2.45) is 0 Å². The molecule has 0 saturated carbocycles. The molecule has 0 fully saturated rings. The highest BCUT2D eigenvalue weighted by molar-refractivity contribution is 5.40. The summed E-state index contributed by atoms with van der Waals surface area (Å²) in [6.07, 6.45) is 1.28. The molecule has 3 nitrogen and oxygen atoms in total. The molecule has 0 unspecified atom stereocenters. The highest BCUT2D eigenvalue weighted by Gasteiger charge is 2.07. The van der Waals surface area contributed by atoms with E-state index < -0.39 is 6.10 Å². The van der Waals surface area contributed by atoms with Gasteiger partial charge in [-0.1, -0.05) is 36.4 Å². The number of hydrogen-bond donors (Lipinski definition) is 1. The molecule has 0 bridgehead atoms. The van der Waals surface area contributed by atoms with Crippen molar-refractivity contribution in [1.82, 2.24) is 4.98 Å². The lowest BCUT2D eigenvalue weighted by molar-refractivity contribution is 0.199. The molecule has 19 heavy (non-hydrogen) atoms. The average Bonchev–Trinajstić information content (AvgIpc) is 2.46. The van der Waals surface area contributed by atoms with E-state index in [2.05, 4.69) is 28.9 Å². The van der Waals surface area contributed by atoms with E-state index in [-0.39, 0.29) is 0 Å². The van der Waals surface area contributed by atoms with Crippen LogP contribution in [0.4, 0.5) is 5.82 Å². The van der Waals surface area contributed by atoms with Crippen LogP contribution in [0.1, 0.15) is 31.1 Å². The molecule has 1 N–H and O–H groups in total. The zero-order valence-electron chi connectivity index (χ0n) is 11.5. The SMILES string of the molecule is CCN(Cc1ccccc1)c1ccc([C@H](C)O)cn1. The maximum Gasteiger partial charge on any atom is 0.128 e. The van der Waals surface area contributed by atoms with Crippen molar-refractivity contribution in [2.45, 2.75) is 26.5 Å². The van der Waals surface area contributed by atoms with E-state index in [1.54, 1.807) is 13.1 Å². The molecule has 1 atom stereocenters. The zero-order valence-corrected chi connectivity index (χ0v) is 11.5. The summed E-state index contributed by atoms with van der Waals surface area (Å²) in [4.78, 5) is 6.64. The first-order valence-corrected chi connectivity index (χ1v) is 6.63. The van der Waals surface area contributed by atoms with Crippen LogP contribution >= 0.6 is 0 Å². The molecule has 100 valence electrons. The summed E-state index contributed by atoms with van der Waals surface area (Å²) in [6.45, 7) is 5.61. The highest BCUT2D eigenvalue weighted by Crippen LogP contribution is 2.17. The Morgan fingerprint density at radius 1 is 1.16 bits per heavy atom. The van der Waals surface area contributed by atoms with Gasteiger partial charge in [0.15, 0.2) is 0 Å². The topological polar surface area (TPSA) is 36.4 Å². The predicted octanol–water partition coefficient (Wildman–Crippen LogP) is 3.16. The van der Waals surface area contributed by atoms with Gasteiger partial charge in [-0.05, 0) is 31.0 Å². The van der Waals surface area contributed by atoms with Gasteiger partial charge >= 0.3 is 0 Å². The van der Waals surface area contributed by atoms with Gasteiger partial charge in [0.2, 0.25) is 0 Å². The van der Waals surface area contributed by atoms with Crippen molar-refractivity contribution >= 4 is 5.82 Å². The van der Waals surface area contributed by atoms with Crippen LogP contribution < -0.4 is 4.90 Å². The fourth-order valence-electron chi connectivity index (χ4n) is 1.99. The summed E-state index contributed by atoms with van der Waals surface area (Å²) < 4.78 is 0. The Kier molecular flexibility index (Phi) is 4.53. The first-order chi connectivity index (χ1) is 9.20. The highest BCUT2D eigenvalue weighted by atomic mass is 16.3. The van der Waals surface area contributed by atoms with Gasteiger partial charge in [0.05, 0.1) is 6.10 Å². The molecule has 0 spiro atoms. The number of aliphatic hydroxyl groups excluding tert-OH is 1. The molecule has 2 aromatic rings. The first kappa shape index (κ1) is 13.6. The Morgan fingerprint density at radius 3 is 2.42 bits per heavy atom. The molecule has 0 radical (unpaired) electrons. The molecule has 0 saturated heterocycles. The van der Waals surface area contributed by atoms with Crippen LogP contribution in [0.25, 0.3) is 0 Å². The van der Waals surface area contributed by atoms with Crippen molar-refractivity contribution in [3.8, 4) is 0 Å². The van der Waals surface area contributed by atoms with Crippen LogP contribution in [-0.2, 0) is 6.54 Å². The molecule has 0 amide bonds. The number of aromatic nitrogens is 1. The van der Waals surface area contributed by atoms with Crippen molar-refractivity contribution in [1.29, 1.82) is 0 Å². The average molecular weight is 256 g/mol. The van der Waals surface area contributed by atoms with E-state index in [4.69, 9.17) is 0 Å². The van der Waals surface area contributed by atoms with Crippen molar-refractivity contribution < 1.29 is 5.11 Å². The van der Waals surface area contributed by atoms with Gasteiger partial charge in [-0.25, -0.2) is 4.98 Å². The monoisotopic (exact) mass is 256 g/mol. The smallest absolute Gasteiger partial charge is 0.128 e. The van der Waals surface area contributed by atoms with E-state index >= 15 is 0 Å². The lowest BCUT2D eigenvalue weighted by Crippen LogP contribution is -2.23. The summed E-state index contributed by atoms with van der Waals surface area (Å²) >= 11 is 0. The minimum atomic E-state index is -0.467. The fraction of sp³-hybridized carbons (Fsp3) is 0.312. The third kappa shape index (κ3) is 3.55. The second kappa shape index (κ2) is 6.34. The number of hydrogen-bond acceptors (Lipinski definition) is 3. The summed E-state index contributed by atoms with van der Waals surface area (Å²) in [5, 5.41) is 9.49. The minimum absolute atomic E-state index is 0.467. The van der Waals surface area contributed by atoms with Crippen LogP contribution in [0.3, 0.4) is 0 Å². The summed E-state index contributed by atoms with van der Waals surface area (Å²) in [6, 6.07) is 14.3. The normalized spacial score (nSPS) is 12.2. The largest absolute Gasteiger partial charge is 0.389 e. The molecule has 0 aliphatic heterocycles. The zero-order chi connectivity index (χ0) is 13.7. The molecule has 1 aromatic heterocycles. The summed E-state index contributed by atoms with van der Waals surface area (Å²) in [7, 11) is 0. The number of anilines is 1. The number of rotatable bonds is 5. The van der Waals surface area contributed by atoms with Gasteiger partial charge in [-0.15, -0.1) is 0 Å². The third-order valence-electron chi connectivity index (χ3n) is 3.18. The Hall–Kier alpha value is -1.87. The van der Waals surface area contributed by atoms with Crippen LogP contribution in [0.15, 0.2) is 48.7 Å². The van der Waals surface area contributed by atoms with E-state index in [1.165, 1.54) is 5.56 Å². The van der Waals surface area contributed by atoms with E-state index in [1.807, 2.05) is 30.3 Å². The van der Waals surface area contributed by atoms with Gasteiger partial charge in [-0.2, -0.15) is 0 Å². The lowest BCUT2D eigenvalue weighted by Gasteiger charge is -2.22. The molecule has 2 rings (SSSR count). The Labute approximate surface area is 114 Å². The molecular formula is C16H20N2O. The molecule has 0 aliphatic rings.